The third kappa shape index (κ3) is 3.07. The van der Waals surface area contributed by atoms with E-state index in [1.54, 1.807) is 11.6 Å². The van der Waals surface area contributed by atoms with Gasteiger partial charge in [-0.15, -0.1) is 0 Å². The molecule has 3 nitrogen and oxygen atoms in total. The Labute approximate surface area is 189 Å². The van der Waals surface area contributed by atoms with Crippen molar-refractivity contribution in [1.29, 1.82) is 0 Å². The first kappa shape index (κ1) is 20.6. The lowest BCUT2D eigenvalue weighted by molar-refractivity contribution is -0.132. The average Bonchev–Trinajstić information content (AvgIpc) is 3.04. The number of nitrogens with one attached hydrogen (secondary N) is 1. The molecule has 3 saturated carbocycles. The predicted octanol–water partition coefficient (Wildman–Crippen LogP) is 7.29. The molecule has 0 heterocycles. The van der Waals surface area contributed by atoms with Gasteiger partial charge in [-0.05, 0) is 86.3 Å². The normalized spacial score (nSPS) is 39.2. The average molecular weight is 445 g/mol. The molecule has 0 radical (unpaired) electrons. The van der Waals surface area contributed by atoms with Crippen LogP contribution in [0.25, 0.3) is 0 Å². The predicted molar refractivity (Wildman–Crippen MR) is 124 cm³/mol. The van der Waals surface area contributed by atoms with Crippen LogP contribution in [0.2, 0.25) is 10.0 Å². The molecule has 0 bridgehead atoms. The van der Waals surface area contributed by atoms with E-state index < -0.39 is 0 Å². The van der Waals surface area contributed by atoms with Crippen LogP contribution in [0.5, 0.6) is 0 Å². The molecule has 1 N–H and O–H groups in total. The molecular weight excluding hydrogens is 415 g/mol. The van der Waals surface area contributed by atoms with Crippen molar-refractivity contribution in [1.82, 2.24) is 0 Å². The summed E-state index contributed by atoms with van der Waals surface area (Å²) in [4.78, 5) is 12.6. The van der Waals surface area contributed by atoms with Crippen LogP contribution in [-0.2, 0) is 4.79 Å². The van der Waals surface area contributed by atoms with Gasteiger partial charge in [-0.25, -0.2) is 0 Å². The van der Waals surface area contributed by atoms with Crippen LogP contribution in [0.15, 0.2) is 34.9 Å². The molecule has 5 unspecified atom stereocenters. The molecule has 0 spiro atoms. The third-order valence-corrected chi connectivity index (χ3v) is 9.78. The lowest BCUT2D eigenvalue weighted by atomic mass is 9.47. The van der Waals surface area contributed by atoms with Gasteiger partial charge in [0, 0.05) is 11.8 Å². The zero-order valence-electron chi connectivity index (χ0n) is 17.8. The molecule has 160 valence electrons. The highest BCUT2D eigenvalue weighted by Gasteiger charge is 2.58. The maximum atomic E-state index is 12.6. The fourth-order valence-electron chi connectivity index (χ4n) is 7.15. The van der Waals surface area contributed by atoms with Gasteiger partial charge in [0.05, 0.1) is 21.4 Å². The summed E-state index contributed by atoms with van der Waals surface area (Å²) in [5.74, 6) is 2.54. The Bertz CT molecular complexity index is 954. The van der Waals surface area contributed by atoms with Gasteiger partial charge < -0.3 is 0 Å². The van der Waals surface area contributed by atoms with Crippen LogP contribution in [-0.4, -0.2) is 11.5 Å². The zero-order valence-corrected chi connectivity index (χ0v) is 19.3. The molecule has 4 aliphatic rings. The number of hydrogen-bond donors (Lipinski definition) is 1. The highest BCUT2D eigenvalue weighted by atomic mass is 35.5. The van der Waals surface area contributed by atoms with Crippen molar-refractivity contribution < 1.29 is 4.79 Å². The van der Waals surface area contributed by atoms with Gasteiger partial charge in [0.15, 0.2) is 0 Å². The fourth-order valence-corrected chi connectivity index (χ4v) is 7.50. The molecule has 1 aromatic rings. The molecule has 5 atom stereocenters. The number of halogens is 2. The van der Waals surface area contributed by atoms with E-state index in [-0.39, 0.29) is 10.8 Å². The smallest absolute Gasteiger partial charge is 0.139 e. The van der Waals surface area contributed by atoms with Crippen LogP contribution < -0.4 is 5.43 Å². The van der Waals surface area contributed by atoms with E-state index in [2.05, 4.69) is 30.5 Å². The number of allylic oxidation sites excluding steroid dienone is 2. The Morgan fingerprint density at radius 2 is 1.80 bits per heavy atom. The monoisotopic (exact) mass is 444 g/mol. The molecule has 0 amide bonds. The maximum absolute atomic E-state index is 12.6. The lowest BCUT2D eigenvalue weighted by Crippen LogP contribution is -2.50. The molecule has 30 heavy (non-hydrogen) atoms. The maximum Gasteiger partial charge on any atom is 0.139 e. The summed E-state index contributed by atoms with van der Waals surface area (Å²) in [6.07, 6.45) is 11.0. The summed E-state index contributed by atoms with van der Waals surface area (Å²) >= 11 is 12.4. The quantitative estimate of drug-likeness (QED) is 0.486. The minimum atomic E-state index is -0.0415. The second-order valence-corrected chi connectivity index (χ2v) is 11.0. The molecule has 5 rings (SSSR count). The fraction of sp³-hybridized carbons (Fsp3) is 0.600. The Balaban J connectivity index is 1.38. The van der Waals surface area contributed by atoms with Gasteiger partial charge in [-0.1, -0.05) is 48.7 Å². The molecule has 4 aliphatic carbocycles. The largest absolute Gasteiger partial charge is 0.299 e. The number of hydrogen-bond acceptors (Lipinski definition) is 3. The summed E-state index contributed by atoms with van der Waals surface area (Å²) in [6.45, 7) is 4.74. The van der Waals surface area contributed by atoms with E-state index >= 15 is 0 Å². The van der Waals surface area contributed by atoms with Gasteiger partial charge in [0.1, 0.15) is 5.78 Å². The second-order valence-electron chi connectivity index (χ2n) is 10.2. The van der Waals surface area contributed by atoms with E-state index in [9.17, 15) is 4.79 Å². The summed E-state index contributed by atoms with van der Waals surface area (Å²) in [5.41, 5.74) is 6.72. The number of carbonyl (C=O) groups excluding carboxylic acids is 1. The third-order valence-electron chi connectivity index (χ3n) is 8.96. The Hall–Kier alpha value is -1.32. The number of fused-ring (bicyclic) bond motifs is 5. The topological polar surface area (TPSA) is 41.5 Å². The van der Waals surface area contributed by atoms with Crippen LogP contribution >= 0.6 is 23.2 Å². The van der Waals surface area contributed by atoms with Crippen LogP contribution in [0, 0.1) is 28.6 Å². The zero-order chi connectivity index (χ0) is 21.1. The van der Waals surface area contributed by atoms with E-state index in [4.69, 9.17) is 23.2 Å². The highest BCUT2D eigenvalue weighted by molar-refractivity contribution is 6.43. The van der Waals surface area contributed by atoms with Gasteiger partial charge in [0.2, 0.25) is 0 Å². The van der Waals surface area contributed by atoms with Crippen molar-refractivity contribution in [2.24, 2.45) is 33.7 Å². The van der Waals surface area contributed by atoms with E-state index in [0.717, 1.165) is 49.9 Å². The van der Waals surface area contributed by atoms with Crippen molar-refractivity contribution in [2.75, 3.05) is 5.43 Å². The van der Waals surface area contributed by atoms with Crippen LogP contribution in [0.1, 0.15) is 65.2 Å². The van der Waals surface area contributed by atoms with E-state index in [1.807, 2.05) is 12.1 Å². The number of rotatable bonds is 2. The minimum absolute atomic E-state index is 0.0415. The number of benzene rings is 1. The Kier molecular flexibility index (Phi) is 5.06. The Morgan fingerprint density at radius 1 is 1.00 bits per heavy atom. The SMILES string of the molecule is CC12CCC3C(CCC4=C/C(=N\Nc5cccc(Cl)c5Cl)CCC43C)C1CCC2=O. The van der Waals surface area contributed by atoms with Crippen molar-refractivity contribution in [3.8, 4) is 0 Å². The number of carbonyl (C=O) groups is 1. The van der Waals surface area contributed by atoms with Gasteiger partial charge in [-0.3, -0.25) is 10.2 Å². The molecule has 0 aliphatic heterocycles. The Morgan fingerprint density at radius 3 is 2.63 bits per heavy atom. The molecule has 3 fully saturated rings. The van der Waals surface area contributed by atoms with E-state index in [0.29, 0.717) is 33.6 Å². The molecule has 0 saturated heterocycles. The summed E-state index contributed by atoms with van der Waals surface area (Å²) in [5, 5.41) is 5.70. The number of anilines is 1. The molecule has 1 aromatic carbocycles. The number of ketones is 1. The van der Waals surface area contributed by atoms with Gasteiger partial charge in [-0.2, -0.15) is 5.10 Å². The van der Waals surface area contributed by atoms with Crippen molar-refractivity contribution in [3.05, 3.63) is 39.9 Å². The minimum Gasteiger partial charge on any atom is -0.299 e. The first-order valence-corrected chi connectivity index (χ1v) is 12.1. The number of nitrogens with zero attached hydrogens (tertiary/aromatic N) is 1. The number of hydrazone groups is 1. The van der Waals surface area contributed by atoms with Gasteiger partial charge in [0.25, 0.3) is 0 Å². The first-order chi connectivity index (χ1) is 14.3. The van der Waals surface area contributed by atoms with E-state index in [1.165, 1.54) is 12.8 Å². The van der Waals surface area contributed by atoms with Gasteiger partial charge >= 0.3 is 0 Å². The van der Waals surface area contributed by atoms with Crippen molar-refractivity contribution >= 4 is 40.4 Å². The highest BCUT2D eigenvalue weighted by Crippen LogP contribution is 2.64. The van der Waals surface area contributed by atoms with Crippen LogP contribution in [0.3, 0.4) is 0 Å². The molecule has 5 heteroatoms. The number of Topliss-reactive ketones (excluding diaryl/α,β-unsaturated/α-hetero) is 1. The second kappa shape index (κ2) is 7.38. The summed E-state index contributed by atoms with van der Waals surface area (Å²) in [6, 6.07) is 5.55. The summed E-state index contributed by atoms with van der Waals surface area (Å²) in [7, 11) is 0. The standard InChI is InChI=1S/C25H30Cl2N2O/c1-24-12-10-16(28-29-21-5-3-4-20(26)23(21)27)14-15(24)6-7-17-18-8-9-22(30)25(18,2)13-11-19(17)24/h3-5,14,17-19,29H,6-13H2,1-2H3/b28-16-. The first-order valence-electron chi connectivity index (χ1n) is 11.3. The molecule has 0 aromatic heterocycles. The van der Waals surface area contributed by atoms with Crippen LogP contribution in [0.4, 0.5) is 5.69 Å². The lowest BCUT2D eigenvalue weighted by Gasteiger charge is -2.57. The van der Waals surface area contributed by atoms with Crippen molar-refractivity contribution in [3.63, 3.8) is 0 Å². The summed E-state index contributed by atoms with van der Waals surface area (Å²) < 4.78 is 0. The van der Waals surface area contributed by atoms with Crippen molar-refractivity contribution in [2.45, 2.75) is 65.2 Å². The molecular formula is C25H30Cl2N2O.